The Balaban J connectivity index is 1.31. The first-order chi connectivity index (χ1) is 15.4. The summed E-state index contributed by atoms with van der Waals surface area (Å²) in [7, 11) is 0. The van der Waals surface area contributed by atoms with E-state index in [-0.39, 0.29) is 24.3 Å². The van der Waals surface area contributed by atoms with Gasteiger partial charge >= 0.3 is 5.97 Å². The summed E-state index contributed by atoms with van der Waals surface area (Å²) >= 11 is 0. The lowest BCUT2D eigenvalue weighted by molar-refractivity contribution is -0.0787. The van der Waals surface area contributed by atoms with E-state index in [0.29, 0.717) is 12.2 Å². The Morgan fingerprint density at radius 3 is 3.00 bits per heavy atom. The lowest BCUT2D eigenvalue weighted by atomic mass is 9.95. The third-order valence-corrected chi connectivity index (χ3v) is 5.92. The Morgan fingerprint density at radius 1 is 1.34 bits per heavy atom. The summed E-state index contributed by atoms with van der Waals surface area (Å²) in [5.74, 6) is -1.75. The Hall–Kier alpha value is -2.95. The number of nitrogens with one attached hydrogen (secondary N) is 1. The molecule has 0 amide bonds. The minimum atomic E-state index is -0.816. The Labute approximate surface area is 182 Å². The number of nitrogens with zero attached hydrogens (tertiary/aromatic N) is 3. The second-order valence-corrected chi connectivity index (χ2v) is 8.22. The molecule has 0 radical (unpaired) electrons. The van der Waals surface area contributed by atoms with Crippen LogP contribution in [0, 0.1) is 18.6 Å². The maximum absolute atomic E-state index is 14.1. The van der Waals surface area contributed by atoms with E-state index in [0.717, 1.165) is 48.1 Å². The summed E-state index contributed by atoms with van der Waals surface area (Å²) in [5, 5.41) is 7.89. The SMILES string of the molecule is Cc1cc(C(=O)O[C@H]2CO[C@H](c3cc(F)ccc3F)[C@@H](N)C2)nc2c3c(nn12)CCNC3. The standard InChI is InChI=1S/C22H23F2N5O3/c1-11-6-19(27-21-15-9-26-5-4-18(15)28-29(11)21)22(30)32-13-8-17(25)20(31-10-13)14-7-12(23)2-3-16(14)24/h2-3,6-7,13,17,20,26H,4-5,8-10,25H2,1H3/t13-,17+,20-/m1/s1. The van der Waals surface area contributed by atoms with Crippen molar-refractivity contribution in [3.05, 3.63) is 64.1 Å². The second kappa shape index (κ2) is 8.19. The Morgan fingerprint density at radius 2 is 2.19 bits per heavy atom. The summed E-state index contributed by atoms with van der Waals surface area (Å²) < 4.78 is 40.6. The third-order valence-electron chi connectivity index (χ3n) is 5.92. The van der Waals surface area contributed by atoms with Crippen LogP contribution in [0.1, 0.15) is 45.5 Å². The molecule has 1 fully saturated rings. The monoisotopic (exact) mass is 443 g/mol. The van der Waals surface area contributed by atoms with E-state index in [4.69, 9.17) is 15.2 Å². The van der Waals surface area contributed by atoms with E-state index in [9.17, 15) is 13.6 Å². The number of ether oxygens (including phenoxy) is 2. The number of carbonyl (C=O) groups excluding carboxylic acids is 1. The van der Waals surface area contributed by atoms with Gasteiger partial charge in [0.15, 0.2) is 11.3 Å². The minimum absolute atomic E-state index is 0.0211. The van der Waals surface area contributed by atoms with Crippen LogP contribution in [0.15, 0.2) is 24.3 Å². The highest BCUT2D eigenvalue weighted by molar-refractivity contribution is 5.88. The van der Waals surface area contributed by atoms with Crippen LogP contribution in [-0.2, 0) is 22.4 Å². The predicted molar refractivity (Wildman–Crippen MR) is 110 cm³/mol. The van der Waals surface area contributed by atoms with E-state index in [2.05, 4.69) is 15.4 Å². The molecule has 4 heterocycles. The molecule has 2 aliphatic heterocycles. The van der Waals surface area contributed by atoms with Crippen LogP contribution in [0.3, 0.4) is 0 Å². The van der Waals surface area contributed by atoms with Gasteiger partial charge in [-0.15, -0.1) is 0 Å². The molecule has 1 aromatic carbocycles. The van der Waals surface area contributed by atoms with Crippen molar-refractivity contribution in [2.45, 2.75) is 44.6 Å². The van der Waals surface area contributed by atoms with E-state index in [1.807, 2.05) is 6.92 Å². The van der Waals surface area contributed by atoms with Crippen molar-refractivity contribution in [1.29, 1.82) is 0 Å². The Bertz CT molecular complexity index is 1200. The van der Waals surface area contributed by atoms with Gasteiger partial charge in [0.25, 0.3) is 0 Å². The average Bonchev–Trinajstić information content (AvgIpc) is 3.15. The summed E-state index contributed by atoms with van der Waals surface area (Å²) in [6.45, 7) is 3.38. The molecule has 2 aromatic heterocycles. The van der Waals surface area contributed by atoms with Crippen molar-refractivity contribution in [3.8, 4) is 0 Å². The van der Waals surface area contributed by atoms with Crippen molar-refractivity contribution in [3.63, 3.8) is 0 Å². The van der Waals surface area contributed by atoms with Crippen molar-refractivity contribution < 1.29 is 23.0 Å². The van der Waals surface area contributed by atoms with Gasteiger partial charge in [-0.2, -0.15) is 5.10 Å². The number of esters is 1. The second-order valence-electron chi connectivity index (χ2n) is 8.22. The number of benzene rings is 1. The number of fused-ring (bicyclic) bond motifs is 3. The maximum Gasteiger partial charge on any atom is 0.357 e. The highest BCUT2D eigenvalue weighted by Crippen LogP contribution is 2.31. The summed E-state index contributed by atoms with van der Waals surface area (Å²) in [6, 6.07) is 4.13. The van der Waals surface area contributed by atoms with Crippen LogP contribution in [0.4, 0.5) is 8.78 Å². The fraction of sp³-hybridized carbons (Fsp3) is 0.409. The van der Waals surface area contributed by atoms with E-state index in [1.165, 1.54) is 0 Å². The first-order valence-corrected chi connectivity index (χ1v) is 10.5. The van der Waals surface area contributed by atoms with E-state index in [1.54, 1.807) is 10.6 Å². The molecule has 0 aliphatic carbocycles. The number of hydrogen-bond donors (Lipinski definition) is 2. The quantitative estimate of drug-likeness (QED) is 0.597. The number of halogens is 2. The number of nitrogens with two attached hydrogens (primary N) is 1. The normalized spacial score (nSPS) is 23.2. The zero-order valence-electron chi connectivity index (χ0n) is 17.5. The minimum Gasteiger partial charge on any atom is -0.455 e. The molecule has 3 aromatic rings. The molecular formula is C22H23F2N5O3. The molecular weight excluding hydrogens is 420 g/mol. The fourth-order valence-electron chi connectivity index (χ4n) is 4.33. The molecule has 168 valence electrons. The number of rotatable bonds is 3. The van der Waals surface area contributed by atoms with E-state index >= 15 is 0 Å². The van der Waals surface area contributed by atoms with Crippen LogP contribution in [-0.4, -0.2) is 45.9 Å². The molecule has 0 unspecified atom stereocenters. The topological polar surface area (TPSA) is 104 Å². The molecule has 1 saturated heterocycles. The van der Waals surface area contributed by atoms with Crippen LogP contribution >= 0.6 is 0 Å². The molecule has 8 nitrogen and oxygen atoms in total. The number of aromatic nitrogens is 3. The van der Waals surface area contributed by atoms with Gasteiger partial charge in [0.1, 0.15) is 23.8 Å². The zero-order chi connectivity index (χ0) is 22.4. The third kappa shape index (κ3) is 3.74. The zero-order valence-corrected chi connectivity index (χ0v) is 17.5. The number of aryl methyl sites for hydroxylation is 1. The van der Waals surface area contributed by atoms with Crippen LogP contribution < -0.4 is 11.1 Å². The van der Waals surface area contributed by atoms with Crippen LogP contribution in [0.5, 0.6) is 0 Å². The van der Waals surface area contributed by atoms with Gasteiger partial charge in [-0.3, -0.25) is 0 Å². The van der Waals surface area contributed by atoms with Crippen molar-refractivity contribution in [1.82, 2.24) is 19.9 Å². The Kier molecular flexibility index (Phi) is 5.36. The summed E-state index contributed by atoms with van der Waals surface area (Å²) in [5.41, 5.74) is 9.76. The van der Waals surface area contributed by atoms with Gasteiger partial charge < -0.3 is 20.5 Å². The molecule has 3 N–H and O–H groups in total. The highest BCUT2D eigenvalue weighted by Gasteiger charge is 2.34. The highest BCUT2D eigenvalue weighted by atomic mass is 19.1. The maximum atomic E-state index is 14.1. The lowest BCUT2D eigenvalue weighted by Crippen LogP contribution is -2.43. The fourth-order valence-corrected chi connectivity index (χ4v) is 4.33. The number of carbonyl (C=O) groups is 1. The molecule has 32 heavy (non-hydrogen) atoms. The van der Waals surface area contributed by atoms with Crippen molar-refractivity contribution >= 4 is 11.6 Å². The smallest absolute Gasteiger partial charge is 0.357 e. The first kappa shape index (κ1) is 20.9. The molecule has 0 saturated carbocycles. The van der Waals surface area contributed by atoms with Crippen molar-refractivity contribution in [2.24, 2.45) is 5.73 Å². The van der Waals surface area contributed by atoms with Gasteiger partial charge in [-0.25, -0.2) is 23.1 Å². The molecule has 0 bridgehead atoms. The molecule has 2 aliphatic rings. The van der Waals surface area contributed by atoms with E-state index < -0.39 is 35.9 Å². The van der Waals surface area contributed by atoms with Gasteiger partial charge in [0.05, 0.1) is 12.3 Å². The van der Waals surface area contributed by atoms with Crippen LogP contribution in [0.2, 0.25) is 0 Å². The largest absolute Gasteiger partial charge is 0.455 e. The molecule has 0 spiro atoms. The molecule has 10 heteroatoms. The summed E-state index contributed by atoms with van der Waals surface area (Å²) in [4.78, 5) is 17.3. The van der Waals surface area contributed by atoms with Crippen LogP contribution in [0.25, 0.3) is 5.65 Å². The van der Waals surface area contributed by atoms with Gasteiger partial charge in [-0.1, -0.05) is 0 Å². The predicted octanol–water partition coefficient (Wildman–Crippen LogP) is 1.98. The van der Waals surface area contributed by atoms with Gasteiger partial charge in [0, 0.05) is 48.8 Å². The number of hydrogen-bond acceptors (Lipinski definition) is 7. The molecule has 5 rings (SSSR count). The molecule has 3 atom stereocenters. The lowest BCUT2D eigenvalue weighted by Gasteiger charge is -2.34. The van der Waals surface area contributed by atoms with Gasteiger partial charge in [-0.05, 0) is 31.2 Å². The van der Waals surface area contributed by atoms with Crippen molar-refractivity contribution in [2.75, 3.05) is 13.2 Å². The first-order valence-electron chi connectivity index (χ1n) is 10.5. The average molecular weight is 443 g/mol. The van der Waals surface area contributed by atoms with Gasteiger partial charge in [0.2, 0.25) is 0 Å². The summed E-state index contributed by atoms with van der Waals surface area (Å²) in [6.07, 6.45) is -0.380.